The minimum absolute atomic E-state index is 0.196. The molecule has 3 aliphatic rings. The first-order valence-corrected chi connectivity index (χ1v) is 9.43. The van der Waals surface area contributed by atoms with E-state index in [-0.39, 0.29) is 5.92 Å². The lowest BCUT2D eigenvalue weighted by molar-refractivity contribution is -0.151. The number of ether oxygens (including phenoxy) is 1. The molecule has 3 aliphatic heterocycles. The molecule has 6 heteroatoms. The molecule has 6 nitrogen and oxygen atoms in total. The molecule has 3 saturated heterocycles. The van der Waals surface area contributed by atoms with Gasteiger partial charge in [-0.3, -0.25) is 9.69 Å². The zero-order valence-electron chi connectivity index (χ0n) is 14.7. The molecule has 4 heterocycles. The van der Waals surface area contributed by atoms with Crippen molar-refractivity contribution < 1.29 is 19.1 Å². The van der Waals surface area contributed by atoms with Crippen molar-refractivity contribution in [3.05, 3.63) is 24.2 Å². The van der Waals surface area contributed by atoms with Crippen LogP contribution < -0.4 is 0 Å². The summed E-state index contributed by atoms with van der Waals surface area (Å²) >= 11 is 0. The normalized spacial score (nSPS) is 34.1. The monoisotopic (exact) mass is 348 g/mol. The molecule has 0 aliphatic carbocycles. The van der Waals surface area contributed by atoms with Gasteiger partial charge in [0.1, 0.15) is 0 Å². The van der Waals surface area contributed by atoms with Crippen LogP contribution >= 0.6 is 0 Å². The van der Waals surface area contributed by atoms with Crippen LogP contribution in [0.4, 0.5) is 0 Å². The van der Waals surface area contributed by atoms with Crippen LogP contribution in [-0.2, 0) is 16.1 Å². The summed E-state index contributed by atoms with van der Waals surface area (Å²) in [6.45, 7) is 6.98. The van der Waals surface area contributed by atoms with Crippen molar-refractivity contribution in [2.45, 2.75) is 25.8 Å². The number of fused-ring (bicyclic) bond motifs is 1. The van der Waals surface area contributed by atoms with E-state index in [1.54, 1.807) is 12.5 Å². The van der Waals surface area contributed by atoms with Crippen LogP contribution in [0, 0.1) is 17.3 Å². The summed E-state index contributed by atoms with van der Waals surface area (Å²) in [5.41, 5.74) is 0.530. The standard InChI is InChI=1S/C19H28N2O4/c22-18(23)19-4-1-5-20(8-15-2-6-24-12-15)10-17(19)11-21(14-19)9-16-3-7-25-13-16/h3,7,13,15,17H,1-2,4-6,8-12,14H2,(H,22,23)/t15-,17-,19-/m0/s1. The molecular formula is C19H28N2O4. The van der Waals surface area contributed by atoms with E-state index >= 15 is 0 Å². The maximum atomic E-state index is 12.2. The number of carbonyl (C=O) groups is 1. The van der Waals surface area contributed by atoms with Gasteiger partial charge in [0.2, 0.25) is 0 Å². The van der Waals surface area contributed by atoms with Crippen molar-refractivity contribution in [2.24, 2.45) is 17.3 Å². The predicted molar refractivity (Wildman–Crippen MR) is 92.1 cm³/mol. The van der Waals surface area contributed by atoms with Crippen molar-refractivity contribution in [1.29, 1.82) is 0 Å². The largest absolute Gasteiger partial charge is 0.481 e. The topological polar surface area (TPSA) is 66.2 Å². The second-order valence-corrected chi connectivity index (χ2v) is 8.05. The van der Waals surface area contributed by atoms with E-state index in [1.807, 2.05) is 6.07 Å². The van der Waals surface area contributed by atoms with Gasteiger partial charge in [-0.25, -0.2) is 0 Å². The molecule has 1 N–H and O–H groups in total. The SMILES string of the molecule is O=C(O)[C@]12CCCN(C[C@@H]3CCOC3)C[C@H]1CN(Cc1ccoc1)C2. The van der Waals surface area contributed by atoms with Crippen LogP contribution in [0.1, 0.15) is 24.8 Å². The average Bonchev–Trinajstić information content (AvgIpc) is 3.29. The Morgan fingerprint density at radius 1 is 1.36 bits per heavy atom. The fraction of sp³-hybridized carbons (Fsp3) is 0.737. The summed E-state index contributed by atoms with van der Waals surface area (Å²) in [6.07, 6.45) is 6.33. The lowest BCUT2D eigenvalue weighted by Crippen LogP contribution is -2.42. The third-order valence-electron chi connectivity index (χ3n) is 6.29. The molecule has 0 unspecified atom stereocenters. The maximum absolute atomic E-state index is 12.2. The van der Waals surface area contributed by atoms with Gasteiger partial charge in [0.05, 0.1) is 24.5 Å². The van der Waals surface area contributed by atoms with Crippen molar-refractivity contribution in [3.8, 4) is 0 Å². The number of furan rings is 1. The smallest absolute Gasteiger partial charge is 0.311 e. The molecule has 0 radical (unpaired) electrons. The van der Waals surface area contributed by atoms with Crippen molar-refractivity contribution in [3.63, 3.8) is 0 Å². The average molecular weight is 348 g/mol. The van der Waals surface area contributed by atoms with Crippen LogP contribution in [0.25, 0.3) is 0 Å². The van der Waals surface area contributed by atoms with Crippen LogP contribution in [0.3, 0.4) is 0 Å². The summed E-state index contributed by atoms with van der Waals surface area (Å²) in [4.78, 5) is 17.0. The van der Waals surface area contributed by atoms with Gasteiger partial charge in [-0.05, 0) is 37.8 Å². The Morgan fingerprint density at radius 2 is 2.24 bits per heavy atom. The van der Waals surface area contributed by atoms with E-state index in [9.17, 15) is 9.90 Å². The van der Waals surface area contributed by atoms with Crippen molar-refractivity contribution in [1.82, 2.24) is 9.80 Å². The molecule has 25 heavy (non-hydrogen) atoms. The molecule has 138 valence electrons. The number of carboxylic acid groups (broad SMARTS) is 1. The van der Waals surface area contributed by atoms with E-state index in [0.717, 1.165) is 70.8 Å². The summed E-state index contributed by atoms with van der Waals surface area (Å²) in [7, 11) is 0. The molecule has 1 aromatic heterocycles. The Bertz CT molecular complexity index is 584. The Hall–Kier alpha value is -1.37. The van der Waals surface area contributed by atoms with Crippen LogP contribution in [0.15, 0.2) is 23.0 Å². The highest BCUT2D eigenvalue weighted by Gasteiger charge is 2.53. The highest BCUT2D eigenvalue weighted by atomic mass is 16.5. The summed E-state index contributed by atoms with van der Waals surface area (Å²) in [5, 5.41) is 10.1. The number of nitrogens with zero attached hydrogens (tertiary/aromatic N) is 2. The van der Waals surface area contributed by atoms with E-state index in [1.165, 1.54) is 0 Å². The number of hydrogen-bond donors (Lipinski definition) is 1. The first-order valence-electron chi connectivity index (χ1n) is 9.43. The number of rotatable bonds is 5. The first-order chi connectivity index (χ1) is 12.2. The lowest BCUT2D eigenvalue weighted by atomic mass is 9.75. The number of aliphatic carboxylic acids is 1. The molecular weight excluding hydrogens is 320 g/mol. The maximum Gasteiger partial charge on any atom is 0.311 e. The fourth-order valence-electron chi connectivity index (χ4n) is 4.98. The number of likely N-dealkylation sites (tertiary alicyclic amines) is 2. The van der Waals surface area contributed by atoms with E-state index in [0.29, 0.717) is 12.5 Å². The van der Waals surface area contributed by atoms with Gasteiger partial charge in [-0.1, -0.05) is 0 Å². The molecule has 0 bridgehead atoms. The van der Waals surface area contributed by atoms with Gasteiger partial charge < -0.3 is 19.2 Å². The van der Waals surface area contributed by atoms with Gasteiger partial charge in [-0.2, -0.15) is 0 Å². The predicted octanol–water partition coefficient (Wildman–Crippen LogP) is 1.91. The molecule has 4 rings (SSSR count). The number of hydrogen-bond acceptors (Lipinski definition) is 5. The second kappa shape index (κ2) is 7.09. The van der Waals surface area contributed by atoms with Crippen LogP contribution in [0.5, 0.6) is 0 Å². The molecule has 0 saturated carbocycles. The minimum atomic E-state index is -0.613. The van der Waals surface area contributed by atoms with E-state index in [2.05, 4.69) is 9.80 Å². The highest BCUT2D eigenvalue weighted by molar-refractivity contribution is 5.76. The zero-order chi connectivity index (χ0) is 17.3. The molecule has 0 amide bonds. The Kier molecular flexibility index (Phi) is 4.84. The molecule has 0 aromatic carbocycles. The van der Waals surface area contributed by atoms with Gasteiger partial charge in [0, 0.05) is 50.8 Å². The quantitative estimate of drug-likeness (QED) is 0.877. The Balaban J connectivity index is 1.46. The van der Waals surface area contributed by atoms with Gasteiger partial charge in [0.25, 0.3) is 0 Å². The molecule has 1 aromatic rings. The van der Waals surface area contributed by atoms with E-state index in [4.69, 9.17) is 9.15 Å². The summed E-state index contributed by atoms with van der Waals surface area (Å²) < 4.78 is 10.7. The Morgan fingerprint density at radius 3 is 2.96 bits per heavy atom. The second-order valence-electron chi connectivity index (χ2n) is 8.05. The summed E-state index contributed by atoms with van der Waals surface area (Å²) in [6, 6.07) is 1.97. The van der Waals surface area contributed by atoms with Crippen molar-refractivity contribution >= 4 is 5.97 Å². The highest BCUT2D eigenvalue weighted by Crippen LogP contribution is 2.43. The lowest BCUT2D eigenvalue weighted by Gasteiger charge is -2.30. The number of carboxylic acids is 1. The Labute approximate surface area is 148 Å². The van der Waals surface area contributed by atoms with Crippen molar-refractivity contribution in [2.75, 3.05) is 45.9 Å². The van der Waals surface area contributed by atoms with Gasteiger partial charge in [0.15, 0.2) is 0 Å². The summed E-state index contributed by atoms with van der Waals surface area (Å²) in [5.74, 6) is 0.195. The molecule has 0 spiro atoms. The first kappa shape index (κ1) is 17.1. The van der Waals surface area contributed by atoms with Gasteiger partial charge in [-0.15, -0.1) is 0 Å². The molecule has 3 atom stereocenters. The zero-order valence-corrected chi connectivity index (χ0v) is 14.7. The molecule has 3 fully saturated rings. The third-order valence-corrected chi connectivity index (χ3v) is 6.29. The van der Waals surface area contributed by atoms with Crippen LogP contribution in [0.2, 0.25) is 0 Å². The fourth-order valence-corrected chi connectivity index (χ4v) is 4.98. The van der Waals surface area contributed by atoms with E-state index < -0.39 is 11.4 Å². The third kappa shape index (κ3) is 3.48. The van der Waals surface area contributed by atoms with Crippen LogP contribution in [-0.4, -0.2) is 66.8 Å². The van der Waals surface area contributed by atoms with Gasteiger partial charge >= 0.3 is 5.97 Å². The minimum Gasteiger partial charge on any atom is -0.481 e.